The Morgan fingerprint density at radius 1 is 0.492 bits per heavy atom. The van der Waals surface area contributed by atoms with Crippen molar-refractivity contribution < 1.29 is 26.1 Å². The molecule has 0 aliphatic heterocycles. The first-order chi connectivity index (χ1) is 28.8. The SMILES string of the molecule is [CH]1[CH][C-](CNC[C@H](OP(c2ccccc2)c2ccccc2)c2ccccc2)C=C1.[Fe+2].c1ccc([C@H](CNCc2ccc[cH-]2)OP(c2ccccc2)c2ccccc2)cc1. The van der Waals surface area contributed by atoms with Crippen LogP contribution in [0.1, 0.15) is 28.9 Å². The predicted octanol–water partition coefficient (Wildman–Crippen LogP) is 10.2. The van der Waals surface area contributed by atoms with Gasteiger partial charge in [-0.15, -0.1) is 12.8 Å². The van der Waals surface area contributed by atoms with Crippen molar-refractivity contribution in [1.82, 2.24) is 10.6 Å². The fourth-order valence-electron chi connectivity index (χ4n) is 6.58. The average molecular weight is 853 g/mol. The summed E-state index contributed by atoms with van der Waals surface area (Å²) in [6.45, 7) is 3.20. The van der Waals surface area contributed by atoms with Crippen molar-refractivity contribution in [2.75, 3.05) is 19.6 Å². The van der Waals surface area contributed by atoms with Crippen LogP contribution >= 0.6 is 16.3 Å². The summed E-state index contributed by atoms with van der Waals surface area (Å²) >= 11 is 0. The van der Waals surface area contributed by atoms with Gasteiger partial charge in [0.15, 0.2) is 0 Å². The van der Waals surface area contributed by atoms with Crippen molar-refractivity contribution in [2.45, 2.75) is 18.8 Å². The molecule has 0 saturated carbocycles. The van der Waals surface area contributed by atoms with Gasteiger partial charge in [0.2, 0.25) is 0 Å². The van der Waals surface area contributed by atoms with Gasteiger partial charge in [0.1, 0.15) is 6.10 Å². The van der Waals surface area contributed by atoms with Crippen molar-refractivity contribution in [3.8, 4) is 0 Å². The second-order valence-electron chi connectivity index (χ2n) is 13.8. The van der Waals surface area contributed by atoms with Crippen LogP contribution in [0.25, 0.3) is 0 Å². The Bertz CT molecular complexity index is 2080. The summed E-state index contributed by atoms with van der Waals surface area (Å²) in [4.78, 5) is 0. The maximum absolute atomic E-state index is 6.83. The van der Waals surface area contributed by atoms with E-state index in [1.807, 2.05) is 0 Å². The van der Waals surface area contributed by atoms with Gasteiger partial charge in [-0.05, 0) is 24.2 Å². The van der Waals surface area contributed by atoms with E-state index in [0.717, 1.165) is 26.2 Å². The molecule has 7 aromatic carbocycles. The Kier molecular flexibility index (Phi) is 18.3. The first-order valence-corrected chi connectivity index (χ1v) is 22.4. The summed E-state index contributed by atoms with van der Waals surface area (Å²) in [5.41, 5.74) is 3.69. The van der Waals surface area contributed by atoms with E-state index < -0.39 is 16.3 Å². The summed E-state index contributed by atoms with van der Waals surface area (Å²) in [5.74, 6) is 1.30. The van der Waals surface area contributed by atoms with E-state index in [1.54, 1.807) is 0 Å². The van der Waals surface area contributed by atoms with E-state index in [4.69, 9.17) is 9.05 Å². The Morgan fingerprint density at radius 3 is 1.27 bits per heavy atom. The number of benzene rings is 6. The normalized spacial score (nSPS) is 13.1. The first-order valence-electron chi connectivity index (χ1n) is 19.9. The van der Waals surface area contributed by atoms with Crippen molar-refractivity contribution in [3.63, 3.8) is 0 Å². The van der Waals surface area contributed by atoms with E-state index in [0.29, 0.717) is 0 Å². The molecule has 4 nitrogen and oxygen atoms in total. The maximum Gasteiger partial charge on any atom is 2.00 e. The fraction of sp³-hybridized carbons (Fsp3) is 0.115. The third-order valence-electron chi connectivity index (χ3n) is 9.55. The number of hydrogen-bond donors (Lipinski definition) is 2. The van der Waals surface area contributed by atoms with E-state index >= 15 is 0 Å². The van der Waals surface area contributed by atoms with E-state index in [-0.39, 0.29) is 29.3 Å². The zero-order chi connectivity index (χ0) is 39.5. The molecule has 1 aliphatic rings. The summed E-state index contributed by atoms with van der Waals surface area (Å²) < 4.78 is 13.7. The van der Waals surface area contributed by atoms with Crippen LogP contribution in [0.15, 0.2) is 218 Å². The van der Waals surface area contributed by atoms with Crippen LogP contribution < -0.4 is 31.9 Å². The van der Waals surface area contributed by atoms with E-state index in [9.17, 15) is 0 Å². The van der Waals surface area contributed by atoms with Gasteiger partial charge < -0.3 is 19.7 Å². The third kappa shape index (κ3) is 13.8. The zero-order valence-corrected chi connectivity index (χ0v) is 35.9. The molecule has 7 aromatic rings. The van der Waals surface area contributed by atoms with Crippen LogP contribution in [-0.2, 0) is 32.7 Å². The van der Waals surface area contributed by atoms with Crippen molar-refractivity contribution in [2.24, 2.45) is 0 Å². The Hall–Kier alpha value is -4.50. The molecule has 2 atom stereocenters. The van der Waals surface area contributed by atoms with E-state index in [2.05, 4.69) is 242 Å². The molecule has 0 amide bonds. The van der Waals surface area contributed by atoms with Gasteiger partial charge in [-0.3, -0.25) is 0 Å². The molecule has 7 heteroatoms. The van der Waals surface area contributed by atoms with E-state index in [1.165, 1.54) is 43.8 Å². The van der Waals surface area contributed by atoms with Gasteiger partial charge in [-0.2, -0.15) is 17.7 Å². The van der Waals surface area contributed by atoms with Gasteiger partial charge in [-0.1, -0.05) is 182 Å². The smallest absolute Gasteiger partial charge is 0.340 e. The zero-order valence-electron chi connectivity index (χ0n) is 33.0. The second kappa shape index (κ2) is 24.6. The summed E-state index contributed by atoms with van der Waals surface area (Å²) in [7, 11) is -1.83. The molecule has 0 saturated heterocycles. The van der Waals surface area contributed by atoms with Crippen LogP contribution in [0, 0.1) is 18.8 Å². The molecule has 59 heavy (non-hydrogen) atoms. The Labute approximate surface area is 364 Å². The van der Waals surface area contributed by atoms with Crippen LogP contribution in [0.3, 0.4) is 0 Å². The largest absolute Gasteiger partial charge is 2.00 e. The number of rotatable bonds is 18. The molecule has 298 valence electrons. The summed E-state index contributed by atoms with van der Waals surface area (Å²) in [6, 6.07) is 71.7. The van der Waals surface area contributed by atoms with Crippen LogP contribution in [0.2, 0.25) is 0 Å². The predicted molar refractivity (Wildman–Crippen MR) is 246 cm³/mol. The standard InChI is InChI=1S/2C26H25NOP.Fe/c2*1-4-14-23(15-5-1)26(21-27-20-22-12-10-11-13-22)28-29(24-16-6-2-7-17-24)25-18-8-3-9-19-25;/h2*1-19,26-27H,20-21H2;/q2*-1;+2/t2*26-;/m00./s1. The molecule has 0 aromatic heterocycles. The minimum Gasteiger partial charge on any atom is -0.340 e. The van der Waals surface area contributed by atoms with Gasteiger partial charge in [0.25, 0.3) is 0 Å². The Balaban J connectivity index is 0.000000195. The van der Waals surface area contributed by atoms with Gasteiger partial charge in [0, 0.05) is 34.3 Å². The van der Waals surface area contributed by atoms with Crippen LogP contribution in [-0.4, -0.2) is 19.6 Å². The molecular weight excluding hydrogens is 802 g/mol. The van der Waals surface area contributed by atoms with Crippen molar-refractivity contribution in [3.05, 3.63) is 254 Å². The molecule has 8 rings (SSSR count). The molecule has 2 N–H and O–H groups in total. The van der Waals surface area contributed by atoms with Crippen molar-refractivity contribution in [1.29, 1.82) is 0 Å². The van der Waals surface area contributed by atoms with Crippen LogP contribution in [0.4, 0.5) is 0 Å². The monoisotopic (exact) mass is 852 g/mol. The average Bonchev–Trinajstić information content (AvgIpc) is 4.04. The minimum absolute atomic E-state index is 0. The molecule has 0 heterocycles. The molecule has 0 spiro atoms. The summed E-state index contributed by atoms with van der Waals surface area (Å²) in [5, 5.41) is 12.1. The van der Waals surface area contributed by atoms with Gasteiger partial charge in [0.05, 0.1) is 22.4 Å². The van der Waals surface area contributed by atoms with Gasteiger partial charge in [-0.25, -0.2) is 30.2 Å². The topological polar surface area (TPSA) is 42.5 Å². The molecule has 0 fully saturated rings. The number of allylic oxidation sites excluding steroid dienone is 1. The number of nitrogens with one attached hydrogen (secondary N) is 2. The molecule has 0 unspecified atom stereocenters. The fourth-order valence-corrected chi connectivity index (χ4v) is 10.3. The molecule has 0 bridgehead atoms. The summed E-state index contributed by atoms with van der Waals surface area (Å²) in [6.07, 6.45) is 8.38. The molecule has 1 aliphatic carbocycles. The molecular formula is C52H50FeN2O2P2. The molecule has 2 radical (unpaired) electrons. The van der Waals surface area contributed by atoms with Crippen LogP contribution in [0.5, 0.6) is 0 Å². The first kappa shape index (κ1) is 44.1. The minimum atomic E-state index is -0.915. The third-order valence-corrected chi connectivity index (χ3v) is 13.6. The Morgan fingerprint density at radius 2 is 0.898 bits per heavy atom. The van der Waals surface area contributed by atoms with Crippen molar-refractivity contribution >= 4 is 37.5 Å². The maximum atomic E-state index is 6.83. The second-order valence-corrected chi connectivity index (χ2v) is 17.5. The van der Waals surface area contributed by atoms with Gasteiger partial charge >= 0.3 is 17.1 Å². The number of hydrogen-bond acceptors (Lipinski definition) is 4. The quantitative estimate of drug-likeness (QED) is 0.0513.